The Labute approximate surface area is 66.3 Å². The number of hydrogen-bond donors (Lipinski definition) is 3. The fourth-order valence-corrected chi connectivity index (χ4v) is 0.435. The average Bonchev–Trinajstić information content (AvgIpc) is 2.01. The van der Waals surface area contributed by atoms with E-state index in [1.807, 2.05) is 5.18 Å². The number of rotatable bonds is 4. The van der Waals surface area contributed by atoms with Crippen molar-refractivity contribution in [1.29, 1.82) is 0 Å². The molecule has 3 N–H and O–H groups in total. The van der Waals surface area contributed by atoms with Gasteiger partial charge in [-0.05, 0) is 5.18 Å². The summed E-state index contributed by atoms with van der Waals surface area (Å²) in [7, 11) is 0. The van der Waals surface area contributed by atoms with Crippen molar-refractivity contribution in [3.63, 3.8) is 0 Å². The number of nitrogens with zero attached hydrogens (tertiary/aromatic N) is 2. The van der Waals surface area contributed by atoms with Gasteiger partial charge >= 0.3 is 5.97 Å². The van der Waals surface area contributed by atoms with Gasteiger partial charge in [0.2, 0.25) is 0 Å². The molecule has 0 heterocycles. The highest BCUT2D eigenvalue weighted by Gasteiger charge is 2.44. The summed E-state index contributed by atoms with van der Waals surface area (Å²) in [6, 6.07) is 0. The van der Waals surface area contributed by atoms with E-state index in [1.54, 1.807) is 0 Å². The van der Waals surface area contributed by atoms with Gasteiger partial charge in [0.05, 0.1) is 0 Å². The van der Waals surface area contributed by atoms with Crippen LogP contribution in [-0.2, 0) is 4.79 Å². The Morgan fingerprint density at radius 2 is 2.09 bits per heavy atom. The van der Waals surface area contributed by atoms with Crippen LogP contribution in [-0.4, -0.2) is 22.1 Å². The lowest BCUT2D eigenvalue weighted by molar-refractivity contribution is -0.143. The van der Waals surface area contributed by atoms with E-state index in [2.05, 4.69) is 17.8 Å². The third kappa shape index (κ3) is 1.71. The summed E-state index contributed by atoms with van der Waals surface area (Å²) in [6.45, 7) is 0. The molecule has 0 aromatic carbocycles. The molecule has 0 fully saturated rings. The molecule has 2 unspecified atom stereocenters. The summed E-state index contributed by atoms with van der Waals surface area (Å²) in [4.78, 5) is 29.8. The minimum atomic E-state index is -2.58. The molecule has 0 aromatic rings. The zero-order valence-electron chi connectivity index (χ0n) is 5.17. The minimum absolute atomic E-state index is 1.68. The maximum Gasteiger partial charge on any atom is 0.353 e. The van der Waals surface area contributed by atoms with Crippen molar-refractivity contribution < 1.29 is 9.90 Å². The van der Waals surface area contributed by atoms with Crippen LogP contribution in [0.2, 0.25) is 0 Å². The Hall–Kier alpha value is -1.02. The van der Waals surface area contributed by atoms with Crippen LogP contribution in [0.3, 0.4) is 0 Å². The second-order valence-corrected chi connectivity index (χ2v) is 2.19. The van der Waals surface area contributed by atoms with Crippen LogP contribution in [0, 0.1) is 9.81 Å². The summed E-state index contributed by atoms with van der Waals surface area (Å²) < 4.78 is 0. The maximum atomic E-state index is 10.2. The molecule has 7 nitrogen and oxygen atoms in total. The van der Waals surface area contributed by atoms with Crippen LogP contribution in [0.15, 0.2) is 10.4 Å². The Morgan fingerprint density at radius 3 is 2.18 bits per heavy atom. The van der Waals surface area contributed by atoms with Gasteiger partial charge in [0.25, 0.3) is 5.66 Å². The first-order valence-electron chi connectivity index (χ1n) is 2.36. The Bertz CT molecular complexity index is 197. The molecule has 0 rings (SSSR count). The van der Waals surface area contributed by atoms with Crippen molar-refractivity contribution in [2.75, 3.05) is 0 Å². The van der Waals surface area contributed by atoms with E-state index in [4.69, 9.17) is 10.8 Å². The molecule has 8 heteroatoms. The number of carboxylic acid groups (broad SMARTS) is 1. The van der Waals surface area contributed by atoms with E-state index in [1.165, 1.54) is 0 Å². The van der Waals surface area contributed by atoms with Gasteiger partial charge in [0.1, 0.15) is 0 Å². The van der Waals surface area contributed by atoms with Crippen molar-refractivity contribution in [2.45, 2.75) is 11.0 Å². The van der Waals surface area contributed by atoms with Gasteiger partial charge in [0.15, 0.2) is 5.37 Å². The first-order valence-corrected chi connectivity index (χ1v) is 2.88. The molecule has 0 amide bonds. The zero-order chi connectivity index (χ0) is 9.07. The van der Waals surface area contributed by atoms with Crippen LogP contribution >= 0.6 is 12.6 Å². The fraction of sp³-hybridized carbons (Fsp3) is 0.667. The quantitative estimate of drug-likeness (QED) is 0.397. The minimum Gasteiger partial charge on any atom is -0.478 e. The monoisotopic (exact) mass is 179 g/mol. The van der Waals surface area contributed by atoms with Gasteiger partial charge in [-0.25, -0.2) is 4.79 Å². The van der Waals surface area contributed by atoms with E-state index in [9.17, 15) is 14.6 Å². The fourth-order valence-electron chi connectivity index (χ4n) is 0.277. The predicted molar refractivity (Wildman–Crippen MR) is 38.9 cm³/mol. The summed E-state index contributed by atoms with van der Waals surface area (Å²) in [5.74, 6) is -1.74. The highest BCUT2D eigenvalue weighted by Crippen LogP contribution is 2.15. The van der Waals surface area contributed by atoms with E-state index < -0.39 is 17.0 Å². The average molecular weight is 179 g/mol. The van der Waals surface area contributed by atoms with Gasteiger partial charge in [0, 0.05) is 0 Å². The maximum absolute atomic E-state index is 10.2. The van der Waals surface area contributed by atoms with E-state index in [0.717, 1.165) is 0 Å². The largest absolute Gasteiger partial charge is 0.478 e. The molecule has 0 radical (unpaired) electrons. The third-order valence-electron chi connectivity index (χ3n) is 0.987. The predicted octanol–water partition coefficient (Wildman–Crippen LogP) is -0.485. The number of hydrogen-bond acceptors (Lipinski definition) is 7. The van der Waals surface area contributed by atoms with Gasteiger partial charge in [-0.1, -0.05) is 5.18 Å². The molecule has 62 valence electrons. The molecular weight excluding hydrogens is 174 g/mol. The number of nitrogens with two attached hydrogens (primary N) is 1. The van der Waals surface area contributed by atoms with Crippen molar-refractivity contribution in [2.24, 2.45) is 16.1 Å². The standard InChI is InChI=1S/C3H5N3O4S/c4-3(6-10,2(7)8)1(11)5-9/h1,11H,4H2,(H,7,8). The smallest absolute Gasteiger partial charge is 0.353 e. The van der Waals surface area contributed by atoms with Crippen LogP contribution < -0.4 is 5.73 Å². The van der Waals surface area contributed by atoms with Crippen LogP contribution in [0.5, 0.6) is 0 Å². The van der Waals surface area contributed by atoms with E-state index >= 15 is 0 Å². The number of carbonyl (C=O) groups is 1. The molecule has 2 atom stereocenters. The topological polar surface area (TPSA) is 122 Å². The molecule has 0 aliphatic carbocycles. The molecular formula is C3H5N3O4S. The molecule has 11 heavy (non-hydrogen) atoms. The lowest BCUT2D eigenvalue weighted by Crippen LogP contribution is -2.52. The normalized spacial score (nSPS) is 18.0. The zero-order valence-corrected chi connectivity index (χ0v) is 6.06. The number of nitroso groups, excluding NO2 is 2. The molecule has 0 aliphatic rings. The Morgan fingerprint density at radius 1 is 1.64 bits per heavy atom. The van der Waals surface area contributed by atoms with Crippen LogP contribution in [0.1, 0.15) is 0 Å². The summed E-state index contributed by atoms with van der Waals surface area (Å²) in [5, 5.41) is 10.8. The van der Waals surface area contributed by atoms with Crippen molar-refractivity contribution >= 4 is 18.6 Å². The molecule has 0 bridgehead atoms. The lowest BCUT2D eigenvalue weighted by Gasteiger charge is -2.16. The summed E-state index contributed by atoms with van der Waals surface area (Å²) >= 11 is 3.35. The third-order valence-corrected chi connectivity index (χ3v) is 1.48. The highest BCUT2D eigenvalue weighted by molar-refractivity contribution is 7.81. The second-order valence-electron chi connectivity index (χ2n) is 1.70. The van der Waals surface area contributed by atoms with Crippen LogP contribution in [0.25, 0.3) is 0 Å². The Balaban J connectivity index is 4.72. The first kappa shape index (κ1) is 9.98. The molecule has 0 saturated carbocycles. The number of aliphatic carboxylic acids is 1. The second kappa shape index (κ2) is 3.39. The molecule has 0 spiro atoms. The molecule has 0 aromatic heterocycles. The lowest BCUT2D eigenvalue weighted by atomic mass is 10.2. The Kier molecular flexibility index (Phi) is 3.08. The number of carboxylic acids is 1. The van der Waals surface area contributed by atoms with E-state index in [0.29, 0.717) is 0 Å². The van der Waals surface area contributed by atoms with Gasteiger partial charge in [-0.3, -0.25) is 5.73 Å². The summed E-state index contributed by atoms with van der Waals surface area (Å²) in [5.41, 5.74) is 2.27. The highest BCUT2D eigenvalue weighted by atomic mass is 32.1. The van der Waals surface area contributed by atoms with Gasteiger partial charge < -0.3 is 5.11 Å². The van der Waals surface area contributed by atoms with Crippen molar-refractivity contribution in [3.8, 4) is 0 Å². The molecule has 0 aliphatic heterocycles. The van der Waals surface area contributed by atoms with Crippen molar-refractivity contribution in [3.05, 3.63) is 9.81 Å². The summed E-state index contributed by atoms with van der Waals surface area (Å²) in [6.07, 6.45) is 0. The van der Waals surface area contributed by atoms with Gasteiger partial charge in [-0.15, -0.1) is 22.4 Å². The SMILES string of the molecule is NC(N=O)(C(=O)O)C(S)N=O. The van der Waals surface area contributed by atoms with Crippen LogP contribution in [0.4, 0.5) is 0 Å². The first-order chi connectivity index (χ1) is 4.99. The molecule has 0 saturated heterocycles. The van der Waals surface area contributed by atoms with Gasteiger partial charge in [-0.2, -0.15) is 0 Å². The number of thiol groups is 1. The van der Waals surface area contributed by atoms with E-state index in [-0.39, 0.29) is 0 Å². The van der Waals surface area contributed by atoms with Crippen molar-refractivity contribution in [1.82, 2.24) is 0 Å².